The standard InChI is InChI=1S/C18H26N2O/c1-14-5-2-3-6-17(14)19-13-15-8-10-16(11-9-15)20-12-4-7-18(20)21/h8-11,14,17,19H,2-7,12-13H2,1H3. The molecule has 114 valence electrons. The lowest BCUT2D eigenvalue weighted by atomic mass is 9.86. The summed E-state index contributed by atoms with van der Waals surface area (Å²) < 4.78 is 0. The van der Waals surface area contributed by atoms with Crippen molar-refractivity contribution in [2.45, 2.75) is 58.0 Å². The molecule has 0 spiro atoms. The van der Waals surface area contributed by atoms with E-state index in [0.717, 1.165) is 31.1 Å². The zero-order valence-electron chi connectivity index (χ0n) is 13.0. The molecule has 1 aliphatic heterocycles. The molecule has 2 fully saturated rings. The summed E-state index contributed by atoms with van der Waals surface area (Å²) in [6.07, 6.45) is 7.09. The van der Waals surface area contributed by atoms with Gasteiger partial charge in [0.2, 0.25) is 5.91 Å². The third kappa shape index (κ3) is 3.46. The van der Waals surface area contributed by atoms with Crippen molar-refractivity contribution in [3.05, 3.63) is 29.8 Å². The number of rotatable bonds is 4. The summed E-state index contributed by atoms with van der Waals surface area (Å²) in [5.74, 6) is 1.05. The van der Waals surface area contributed by atoms with Crippen LogP contribution in [0.5, 0.6) is 0 Å². The molecule has 0 bridgehead atoms. The summed E-state index contributed by atoms with van der Waals surface area (Å²) in [6, 6.07) is 9.15. The van der Waals surface area contributed by atoms with Gasteiger partial charge in [-0.2, -0.15) is 0 Å². The highest BCUT2D eigenvalue weighted by Gasteiger charge is 2.22. The Morgan fingerprint density at radius 1 is 1.14 bits per heavy atom. The van der Waals surface area contributed by atoms with Gasteiger partial charge in [0, 0.05) is 31.2 Å². The number of hydrogen-bond acceptors (Lipinski definition) is 2. The van der Waals surface area contributed by atoms with Crippen molar-refractivity contribution in [2.75, 3.05) is 11.4 Å². The molecule has 21 heavy (non-hydrogen) atoms. The highest BCUT2D eigenvalue weighted by Crippen LogP contribution is 2.25. The van der Waals surface area contributed by atoms with Crippen LogP contribution in [0.2, 0.25) is 0 Å². The molecule has 3 rings (SSSR count). The summed E-state index contributed by atoms with van der Waals surface area (Å²) in [5.41, 5.74) is 2.36. The third-order valence-corrected chi connectivity index (χ3v) is 5.00. The fraction of sp³-hybridized carbons (Fsp3) is 0.611. The molecular weight excluding hydrogens is 260 g/mol. The summed E-state index contributed by atoms with van der Waals surface area (Å²) in [6.45, 7) is 4.16. The number of carbonyl (C=O) groups is 1. The molecule has 2 atom stereocenters. The van der Waals surface area contributed by atoms with Crippen molar-refractivity contribution in [3.8, 4) is 0 Å². The molecule has 1 saturated heterocycles. The summed E-state index contributed by atoms with van der Waals surface area (Å²) in [7, 11) is 0. The quantitative estimate of drug-likeness (QED) is 0.919. The molecule has 1 heterocycles. The van der Waals surface area contributed by atoms with Crippen LogP contribution in [0.1, 0.15) is 51.0 Å². The van der Waals surface area contributed by atoms with Crippen LogP contribution >= 0.6 is 0 Å². The van der Waals surface area contributed by atoms with Crippen LogP contribution in [0.15, 0.2) is 24.3 Å². The molecule has 1 N–H and O–H groups in total. The minimum absolute atomic E-state index is 0.261. The molecule has 1 aliphatic carbocycles. The summed E-state index contributed by atoms with van der Waals surface area (Å²) in [4.78, 5) is 13.6. The predicted octanol–water partition coefficient (Wildman–Crippen LogP) is 3.48. The first-order chi connectivity index (χ1) is 10.2. The van der Waals surface area contributed by atoms with E-state index in [1.807, 2.05) is 4.90 Å². The Labute approximate surface area is 127 Å². The maximum atomic E-state index is 11.7. The Bertz CT molecular complexity index is 482. The van der Waals surface area contributed by atoms with E-state index >= 15 is 0 Å². The van der Waals surface area contributed by atoms with E-state index in [1.54, 1.807) is 0 Å². The topological polar surface area (TPSA) is 32.3 Å². The van der Waals surface area contributed by atoms with E-state index in [9.17, 15) is 4.79 Å². The van der Waals surface area contributed by atoms with Crippen LogP contribution in [0.4, 0.5) is 5.69 Å². The van der Waals surface area contributed by atoms with Crippen molar-refractivity contribution < 1.29 is 4.79 Å². The van der Waals surface area contributed by atoms with Crippen molar-refractivity contribution >= 4 is 11.6 Å². The average molecular weight is 286 g/mol. The van der Waals surface area contributed by atoms with Gasteiger partial charge in [0.25, 0.3) is 0 Å². The monoisotopic (exact) mass is 286 g/mol. The molecule has 2 aliphatic rings. The van der Waals surface area contributed by atoms with Crippen LogP contribution < -0.4 is 10.2 Å². The van der Waals surface area contributed by atoms with Crippen LogP contribution in [-0.2, 0) is 11.3 Å². The van der Waals surface area contributed by atoms with Gasteiger partial charge in [-0.15, -0.1) is 0 Å². The van der Waals surface area contributed by atoms with Crippen molar-refractivity contribution in [3.63, 3.8) is 0 Å². The second kappa shape index (κ2) is 6.61. The van der Waals surface area contributed by atoms with Gasteiger partial charge in [-0.25, -0.2) is 0 Å². The second-order valence-corrected chi connectivity index (χ2v) is 6.56. The summed E-state index contributed by atoms with van der Waals surface area (Å²) in [5, 5.41) is 3.70. The maximum Gasteiger partial charge on any atom is 0.227 e. The van der Waals surface area contributed by atoms with Gasteiger partial charge in [0.15, 0.2) is 0 Å². The molecule has 2 unspecified atom stereocenters. The van der Waals surface area contributed by atoms with Crippen LogP contribution in [0, 0.1) is 5.92 Å². The maximum absolute atomic E-state index is 11.7. The van der Waals surface area contributed by atoms with E-state index in [4.69, 9.17) is 0 Å². The highest BCUT2D eigenvalue weighted by molar-refractivity contribution is 5.95. The number of amides is 1. The van der Waals surface area contributed by atoms with E-state index in [0.29, 0.717) is 12.5 Å². The molecule has 0 radical (unpaired) electrons. The Balaban J connectivity index is 1.55. The fourth-order valence-corrected chi connectivity index (χ4v) is 3.58. The van der Waals surface area contributed by atoms with Crippen molar-refractivity contribution in [2.24, 2.45) is 5.92 Å². The van der Waals surface area contributed by atoms with Crippen LogP contribution in [0.3, 0.4) is 0 Å². The minimum Gasteiger partial charge on any atom is -0.312 e. The van der Waals surface area contributed by atoms with Gasteiger partial charge < -0.3 is 10.2 Å². The van der Waals surface area contributed by atoms with E-state index in [1.165, 1.54) is 31.2 Å². The van der Waals surface area contributed by atoms with Crippen LogP contribution in [0.25, 0.3) is 0 Å². The van der Waals surface area contributed by atoms with Gasteiger partial charge in [0.05, 0.1) is 0 Å². The normalized spacial score (nSPS) is 26.3. The number of benzene rings is 1. The van der Waals surface area contributed by atoms with Gasteiger partial charge in [-0.3, -0.25) is 4.79 Å². The van der Waals surface area contributed by atoms with Gasteiger partial charge in [0.1, 0.15) is 0 Å². The first-order valence-corrected chi connectivity index (χ1v) is 8.37. The number of nitrogens with zero attached hydrogens (tertiary/aromatic N) is 1. The minimum atomic E-state index is 0.261. The number of nitrogens with one attached hydrogen (secondary N) is 1. The van der Waals surface area contributed by atoms with Crippen molar-refractivity contribution in [1.82, 2.24) is 5.32 Å². The summed E-state index contributed by atoms with van der Waals surface area (Å²) >= 11 is 0. The van der Waals surface area contributed by atoms with Gasteiger partial charge >= 0.3 is 0 Å². The first kappa shape index (κ1) is 14.6. The van der Waals surface area contributed by atoms with E-state index in [2.05, 4.69) is 36.5 Å². The highest BCUT2D eigenvalue weighted by atomic mass is 16.2. The molecule has 3 heteroatoms. The molecular formula is C18H26N2O. The average Bonchev–Trinajstić information content (AvgIpc) is 2.93. The largest absolute Gasteiger partial charge is 0.312 e. The predicted molar refractivity (Wildman–Crippen MR) is 86.3 cm³/mol. The Hall–Kier alpha value is -1.35. The molecule has 1 amide bonds. The smallest absolute Gasteiger partial charge is 0.227 e. The molecule has 1 saturated carbocycles. The van der Waals surface area contributed by atoms with E-state index < -0.39 is 0 Å². The van der Waals surface area contributed by atoms with E-state index in [-0.39, 0.29) is 5.91 Å². The third-order valence-electron chi connectivity index (χ3n) is 5.00. The lowest BCUT2D eigenvalue weighted by Crippen LogP contribution is -2.36. The number of anilines is 1. The van der Waals surface area contributed by atoms with Gasteiger partial charge in [-0.05, 0) is 42.9 Å². The Morgan fingerprint density at radius 3 is 2.57 bits per heavy atom. The zero-order valence-corrected chi connectivity index (χ0v) is 13.0. The zero-order chi connectivity index (χ0) is 14.7. The van der Waals surface area contributed by atoms with Crippen LogP contribution in [-0.4, -0.2) is 18.5 Å². The second-order valence-electron chi connectivity index (χ2n) is 6.56. The van der Waals surface area contributed by atoms with Crippen molar-refractivity contribution in [1.29, 1.82) is 0 Å². The fourth-order valence-electron chi connectivity index (χ4n) is 3.58. The lowest BCUT2D eigenvalue weighted by molar-refractivity contribution is -0.117. The molecule has 1 aromatic rings. The molecule has 3 nitrogen and oxygen atoms in total. The Morgan fingerprint density at radius 2 is 1.90 bits per heavy atom. The van der Waals surface area contributed by atoms with Gasteiger partial charge in [-0.1, -0.05) is 31.9 Å². The lowest BCUT2D eigenvalue weighted by Gasteiger charge is -2.29. The number of carbonyl (C=O) groups excluding carboxylic acids is 1. The molecule has 1 aromatic carbocycles. The SMILES string of the molecule is CC1CCCCC1NCc1ccc(N2CCCC2=O)cc1. The Kier molecular flexibility index (Phi) is 4.59. The first-order valence-electron chi connectivity index (χ1n) is 8.37. The number of hydrogen-bond donors (Lipinski definition) is 1. The molecule has 0 aromatic heterocycles.